The fourth-order valence-corrected chi connectivity index (χ4v) is 1.23. The topological polar surface area (TPSA) is 81.2 Å². The average Bonchev–Trinajstić information content (AvgIpc) is 2.53. The lowest BCUT2D eigenvalue weighted by Crippen LogP contribution is -2.24. The van der Waals surface area contributed by atoms with Crippen LogP contribution in [0.5, 0.6) is 0 Å². The Morgan fingerprint density at radius 2 is 2.27 bits per heavy atom. The summed E-state index contributed by atoms with van der Waals surface area (Å²) in [5, 5.41) is 6.43. The highest BCUT2D eigenvalue weighted by Crippen LogP contribution is 2.11. The van der Waals surface area contributed by atoms with Crippen LogP contribution in [0.3, 0.4) is 0 Å². The van der Waals surface area contributed by atoms with Crippen LogP contribution in [0.1, 0.15) is 21.8 Å². The normalized spacial score (nSPS) is 10.9. The molecule has 0 spiro atoms. The van der Waals surface area contributed by atoms with E-state index in [1.54, 1.807) is 26.0 Å². The molecule has 5 heteroatoms. The van der Waals surface area contributed by atoms with Crippen LogP contribution in [0.4, 0.5) is 0 Å². The zero-order valence-electron chi connectivity index (χ0n) is 8.91. The van der Waals surface area contributed by atoms with Crippen molar-refractivity contribution in [3.8, 4) is 0 Å². The maximum atomic E-state index is 11.6. The van der Waals surface area contributed by atoms with E-state index in [4.69, 9.17) is 10.3 Å². The summed E-state index contributed by atoms with van der Waals surface area (Å²) in [6.45, 7) is 4.38. The highest BCUT2D eigenvalue weighted by Gasteiger charge is 2.16. The summed E-state index contributed by atoms with van der Waals surface area (Å²) in [5.41, 5.74) is 6.38. The number of hydrogen-bond donors (Lipinski definition) is 2. The number of nitrogens with one attached hydrogen (secondary N) is 1. The van der Waals surface area contributed by atoms with E-state index in [9.17, 15) is 4.79 Å². The Morgan fingerprint density at radius 3 is 2.80 bits per heavy atom. The van der Waals surface area contributed by atoms with Crippen molar-refractivity contribution >= 4 is 5.91 Å². The van der Waals surface area contributed by atoms with Gasteiger partial charge in [-0.2, -0.15) is 0 Å². The van der Waals surface area contributed by atoms with Crippen LogP contribution in [0.25, 0.3) is 0 Å². The molecular formula is C10H15N3O2. The van der Waals surface area contributed by atoms with Gasteiger partial charge < -0.3 is 15.6 Å². The highest BCUT2D eigenvalue weighted by atomic mass is 16.5. The SMILES string of the molecule is Cc1noc(C)c1C(=O)NC/C=C/CN. The predicted molar refractivity (Wildman–Crippen MR) is 56.5 cm³/mol. The minimum Gasteiger partial charge on any atom is -0.361 e. The molecule has 0 bridgehead atoms. The molecule has 0 saturated carbocycles. The van der Waals surface area contributed by atoms with Crippen LogP contribution >= 0.6 is 0 Å². The Bertz CT molecular complexity index is 349. The van der Waals surface area contributed by atoms with Crippen LogP contribution in [-0.4, -0.2) is 24.2 Å². The average molecular weight is 209 g/mol. The minimum absolute atomic E-state index is 0.173. The largest absolute Gasteiger partial charge is 0.361 e. The molecular weight excluding hydrogens is 194 g/mol. The van der Waals surface area contributed by atoms with Gasteiger partial charge >= 0.3 is 0 Å². The predicted octanol–water partition coefficient (Wildman–Crippen LogP) is 0.536. The van der Waals surface area contributed by atoms with Gasteiger partial charge in [0.25, 0.3) is 5.91 Å². The van der Waals surface area contributed by atoms with Gasteiger partial charge in [0.15, 0.2) is 0 Å². The number of amides is 1. The first-order valence-corrected chi connectivity index (χ1v) is 4.73. The van der Waals surface area contributed by atoms with Crippen molar-refractivity contribution in [2.75, 3.05) is 13.1 Å². The molecule has 0 aliphatic heterocycles. The van der Waals surface area contributed by atoms with Crippen LogP contribution < -0.4 is 11.1 Å². The fourth-order valence-electron chi connectivity index (χ4n) is 1.23. The summed E-state index contributed by atoms with van der Waals surface area (Å²) in [5.74, 6) is 0.362. The fraction of sp³-hybridized carbons (Fsp3) is 0.400. The molecule has 0 aliphatic carbocycles. The number of hydrogen-bond acceptors (Lipinski definition) is 4. The molecule has 3 N–H and O–H groups in total. The third kappa shape index (κ3) is 2.92. The van der Waals surface area contributed by atoms with Crippen LogP contribution in [-0.2, 0) is 0 Å². The van der Waals surface area contributed by atoms with Crippen molar-refractivity contribution < 1.29 is 9.32 Å². The van der Waals surface area contributed by atoms with Crippen LogP contribution in [0.15, 0.2) is 16.7 Å². The molecule has 0 aliphatic rings. The number of rotatable bonds is 4. The summed E-state index contributed by atoms with van der Waals surface area (Å²) in [7, 11) is 0. The third-order valence-corrected chi connectivity index (χ3v) is 1.94. The second-order valence-electron chi connectivity index (χ2n) is 3.12. The Labute approximate surface area is 88.3 Å². The first-order valence-electron chi connectivity index (χ1n) is 4.73. The molecule has 1 aromatic heterocycles. The van der Waals surface area contributed by atoms with E-state index in [0.29, 0.717) is 30.1 Å². The van der Waals surface area contributed by atoms with Crippen molar-refractivity contribution in [3.05, 3.63) is 29.2 Å². The van der Waals surface area contributed by atoms with Crippen molar-refractivity contribution in [1.82, 2.24) is 10.5 Å². The van der Waals surface area contributed by atoms with E-state index in [1.807, 2.05) is 0 Å². The maximum Gasteiger partial charge on any atom is 0.257 e. The molecule has 82 valence electrons. The van der Waals surface area contributed by atoms with E-state index in [-0.39, 0.29) is 5.91 Å². The lowest BCUT2D eigenvalue weighted by molar-refractivity contribution is 0.0956. The van der Waals surface area contributed by atoms with Crippen LogP contribution in [0, 0.1) is 13.8 Å². The summed E-state index contributed by atoms with van der Waals surface area (Å²) >= 11 is 0. The molecule has 0 atom stereocenters. The monoisotopic (exact) mass is 209 g/mol. The molecule has 0 unspecified atom stereocenters. The summed E-state index contributed by atoms with van der Waals surface area (Å²) in [6, 6.07) is 0. The van der Waals surface area contributed by atoms with Crippen molar-refractivity contribution in [1.29, 1.82) is 0 Å². The van der Waals surface area contributed by atoms with Gasteiger partial charge in [0.2, 0.25) is 0 Å². The molecule has 5 nitrogen and oxygen atoms in total. The van der Waals surface area contributed by atoms with Crippen LogP contribution in [0.2, 0.25) is 0 Å². The van der Waals surface area contributed by atoms with E-state index in [1.165, 1.54) is 0 Å². The summed E-state index contributed by atoms with van der Waals surface area (Å²) in [4.78, 5) is 11.6. The Morgan fingerprint density at radius 1 is 1.53 bits per heavy atom. The molecule has 15 heavy (non-hydrogen) atoms. The lowest BCUT2D eigenvalue weighted by Gasteiger charge is -2.00. The van der Waals surface area contributed by atoms with Crippen molar-refractivity contribution in [3.63, 3.8) is 0 Å². The molecule has 1 rings (SSSR count). The molecule has 1 heterocycles. The number of carbonyl (C=O) groups excluding carboxylic acids is 1. The quantitative estimate of drug-likeness (QED) is 0.709. The van der Waals surface area contributed by atoms with Gasteiger partial charge in [-0.3, -0.25) is 4.79 Å². The molecule has 0 aromatic carbocycles. The van der Waals surface area contributed by atoms with Gasteiger partial charge in [-0.05, 0) is 13.8 Å². The van der Waals surface area contributed by atoms with Gasteiger partial charge in [-0.15, -0.1) is 0 Å². The van der Waals surface area contributed by atoms with E-state index in [0.717, 1.165) is 0 Å². The lowest BCUT2D eigenvalue weighted by atomic mass is 10.2. The van der Waals surface area contributed by atoms with E-state index < -0.39 is 0 Å². The highest BCUT2D eigenvalue weighted by molar-refractivity contribution is 5.96. The standard InChI is InChI=1S/C10H15N3O2/c1-7-9(8(2)15-13-7)10(14)12-6-4-3-5-11/h3-4H,5-6,11H2,1-2H3,(H,12,14)/b4-3+. The third-order valence-electron chi connectivity index (χ3n) is 1.94. The molecule has 0 saturated heterocycles. The second-order valence-corrected chi connectivity index (χ2v) is 3.12. The molecule has 0 radical (unpaired) electrons. The maximum absolute atomic E-state index is 11.6. The first-order chi connectivity index (χ1) is 7.16. The number of aryl methyl sites for hydroxylation is 2. The first kappa shape index (κ1) is 11.5. The van der Waals surface area contributed by atoms with Gasteiger partial charge in [0.05, 0.1) is 5.69 Å². The van der Waals surface area contributed by atoms with E-state index in [2.05, 4.69) is 10.5 Å². The van der Waals surface area contributed by atoms with Gasteiger partial charge in [0, 0.05) is 13.1 Å². The zero-order chi connectivity index (χ0) is 11.3. The minimum atomic E-state index is -0.173. The number of nitrogens with zero attached hydrogens (tertiary/aromatic N) is 1. The second kappa shape index (κ2) is 5.31. The molecule has 1 amide bonds. The van der Waals surface area contributed by atoms with Crippen molar-refractivity contribution in [2.45, 2.75) is 13.8 Å². The number of nitrogens with two attached hydrogens (primary N) is 1. The Balaban J connectivity index is 2.58. The van der Waals surface area contributed by atoms with Gasteiger partial charge in [0.1, 0.15) is 11.3 Å². The molecule has 1 aromatic rings. The molecule has 0 fully saturated rings. The number of carbonyl (C=O) groups is 1. The summed E-state index contributed by atoms with van der Waals surface area (Å²) in [6.07, 6.45) is 3.59. The van der Waals surface area contributed by atoms with Gasteiger partial charge in [-0.1, -0.05) is 17.3 Å². The summed E-state index contributed by atoms with van der Waals surface area (Å²) < 4.78 is 4.90. The van der Waals surface area contributed by atoms with Crippen molar-refractivity contribution in [2.24, 2.45) is 5.73 Å². The van der Waals surface area contributed by atoms with Gasteiger partial charge in [-0.25, -0.2) is 0 Å². The van der Waals surface area contributed by atoms with E-state index >= 15 is 0 Å². The smallest absolute Gasteiger partial charge is 0.257 e. The zero-order valence-corrected chi connectivity index (χ0v) is 8.91. The Kier molecular flexibility index (Phi) is 4.05. The number of aromatic nitrogens is 1. The Hall–Kier alpha value is -1.62.